The number of rotatable bonds is 4. The second-order valence-electron chi connectivity index (χ2n) is 5.63. The Morgan fingerprint density at radius 2 is 2.16 bits per heavy atom. The van der Waals surface area contributed by atoms with E-state index in [9.17, 15) is 0 Å². The standard InChI is InChI=1S/C16H23N3/c1-13(16-7-5-14(10-17)6-8-16)18-11-15-4-3-9-19(2)12-15/h5-8,13,15,18H,3-4,9,11-12H2,1-2H3. The van der Waals surface area contributed by atoms with Crippen molar-refractivity contribution in [1.82, 2.24) is 10.2 Å². The summed E-state index contributed by atoms with van der Waals surface area (Å²) >= 11 is 0. The lowest BCUT2D eigenvalue weighted by molar-refractivity contribution is 0.203. The number of nitrogens with one attached hydrogen (secondary N) is 1. The average Bonchev–Trinajstić information content (AvgIpc) is 2.45. The van der Waals surface area contributed by atoms with E-state index >= 15 is 0 Å². The molecule has 1 aliphatic heterocycles. The van der Waals surface area contributed by atoms with Gasteiger partial charge in [0.1, 0.15) is 0 Å². The molecule has 1 saturated heterocycles. The predicted molar refractivity (Wildman–Crippen MR) is 77.8 cm³/mol. The van der Waals surface area contributed by atoms with Crippen molar-refractivity contribution >= 4 is 0 Å². The van der Waals surface area contributed by atoms with Crippen LogP contribution in [0.4, 0.5) is 0 Å². The van der Waals surface area contributed by atoms with E-state index in [4.69, 9.17) is 5.26 Å². The van der Waals surface area contributed by atoms with Crippen molar-refractivity contribution in [2.45, 2.75) is 25.8 Å². The Balaban J connectivity index is 1.83. The normalized spacial score (nSPS) is 21.8. The van der Waals surface area contributed by atoms with Crippen LogP contribution in [0.1, 0.15) is 36.9 Å². The van der Waals surface area contributed by atoms with Crippen molar-refractivity contribution in [3.8, 4) is 6.07 Å². The van der Waals surface area contributed by atoms with Gasteiger partial charge >= 0.3 is 0 Å². The molecule has 2 atom stereocenters. The van der Waals surface area contributed by atoms with Crippen molar-refractivity contribution in [3.63, 3.8) is 0 Å². The van der Waals surface area contributed by atoms with Gasteiger partial charge in [0, 0.05) is 12.6 Å². The van der Waals surface area contributed by atoms with Gasteiger partial charge in [-0.15, -0.1) is 0 Å². The first-order valence-electron chi connectivity index (χ1n) is 7.11. The highest BCUT2D eigenvalue weighted by atomic mass is 15.1. The van der Waals surface area contributed by atoms with Crippen molar-refractivity contribution in [2.24, 2.45) is 5.92 Å². The first kappa shape index (κ1) is 14.0. The highest BCUT2D eigenvalue weighted by Crippen LogP contribution is 2.17. The molecular weight excluding hydrogens is 234 g/mol. The fourth-order valence-electron chi connectivity index (χ4n) is 2.75. The summed E-state index contributed by atoms with van der Waals surface area (Å²) in [6, 6.07) is 10.4. The third kappa shape index (κ3) is 4.05. The molecule has 3 nitrogen and oxygen atoms in total. The summed E-state index contributed by atoms with van der Waals surface area (Å²) in [6.07, 6.45) is 2.64. The number of nitriles is 1. The smallest absolute Gasteiger partial charge is 0.0991 e. The van der Waals surface area contributed by atoms with Gasteiger partial charge < -0.3 is 10.2 Å². The van der Waals surface area contributed by atoms with Gasteiger partial charge in [0.05, 0.1) is 11.6 Å². The van der Waals surface area contributed by atoms with Gasteiger partial charge in [0.15, 0.2) is 0 Å². The minimum atomic E-state index is 0.347. The van der Waals surface area contributed by atoms with Crippen molar-refractivity contribution < 1.29 is 0 Å². The van der Waals surface area contributed by atoms with E-state index in [-0.39, 0.29) is 0 Å². The van der Waals surface area contributed by atoms with Gasteiger partial charge in [-0.3, -0.25) is 0 Å². The zero-order chi connectivity index (χ0) is 13.7. The lowest BCUT2D eigenvalue weighted by Crippen LogP contribution is -2.37. The first-order valence-corrected chi connectivity index (χ1v) is 7.11. The third-order valence-corrected chi connectivity index (χ3v) is 3.97. The summed E-state index contributed by atoms with van der Waals surface area (Å²) < 4.78 is 0. The van der Waals surface area contributed by atoms with E-state index in [0.29, 0.717) is 6.04 Å². The molecule has 1 heterocycles. The Morgan fingerprint density at radius 1 is 1.42 bits per heavy atom. The van der Waals surface area contributed by atoms with Crippen molar-refractivity contribution in [2.75, 3.05) is 26.7 Å². The summed E-state index contributed by atoms with van der Waals surface area (Å²) in [5, 5.41) is 12.4. The van der Waals surface area contributed by atoms with E-state index in [0.717, 1.165) is 18.0 Å². The molecule has 2 unspecified atom stereocenters. The maximum atomic E-state index is 8.80. The zero-order valence-electron chi connectivity index (χ0n) is 11.9. The third-order valence-electron chi connectivity index (χ3n) is 3.97. The number of benzene rings is 1. The lowest BCUT2D eigenvalue weighted by atomic mass is 9.97. The quantitative estimate of drug-likeness (QED) is 0.901. The van der Waals surface area contributed by atoms with Gasteiger partial charge in [0.2, 0.25) is 0 Å². The fraction of sp³-hybridized carbons (Fsp3) is 0.562. The molecule has 1 aromatic carbocycles. The molecule has 0 amide bonds. The van der Waals surface area contributed by atoms with E-state index in [1.807, 2.05) is 24.3 Å². The Bertz CT molecular complexity index is 432. The topological polar surface area (TPSA) is 39.1 Å². The van der Waals surface area contributed by atoms with Gasteiger partial charge in [0.25, 0.3) is 0 Å². The van der Waals surface area contributed by atoms with Crippen LogP contribution in [0.3, 0.4) is 0 Å². The fourth-order valence-corrected chi connectivity index (χ4v) is 2.75. The molecule has 19 heavy (non-hydrogen) atoms. The summed E-state index contributed by atoms with van der Waals surface area (Å²) in [5.41, 5.74) is 1.98. The lowest BCUT2D eigenvalue weighted by Gasteiger charge is -2.30. The number of hydrogen-bond acceptors (Lipinski definition) is 3. The molecule has 0 radical (unpaired) electrons. The minimum absolute atomic E-state index is 0.347. The second-order valence-corrected chi connectivity index (χ2v) is 5.63. The highest BCUT2D eigenvalue weighted by molar-refractivity contribution is 5.32. The summed E-state index contributed by atoms with van der Waals surface area (Å²) in [5.74, 6) is 0.764. The van der Waals surface area contributed by atoms with Crippen molar-refractivity contribution in [1.29, 1.82) is 5.26 Å². The molecule has 102 valence electrons. The van der Waals surface area contributed by atoms with Gasteiger partial charge in [-0.2, -0.15) is 5.26 Å². The molecule has 0 aliphatic carbocycles. The molecule has 0 aromatic heterocycles. The van der Waals surface area contributed by atoms with Gasteiger partial charge in [-0.25, -0.2) is 0 Å². The second kappa shape index (κ2) is 6.70. The monoisotopic (exact) mass is 257 g/mol. The average molecular weight is 257 g/mol. The highest BCUT2D eigenvalue weighted by Gasteiger charge is 2.17. The van der Waals surface area contributed by atoms with Crippen LogP contribution in [0.2, 0.25) is 0 Å². The van der Waals surface area contributed by atoms with E-state index in [1.165, 1.54) is 31.5 Å². The Morgan fingerprint density at radius 3 is 2.79 bits per heavy atom. The summed E-state index contributed by atoms with van der Waals surface area (Å²) in [4.78, 5) is 2.42. The van der Waals surface area contributed by atoms with Crippen LogP contribution in [0.5, 0.6) is 0 Å². The largest absolute Gasteiger partial charge is 0.310 e. The van der Waals surface area contributed by atoms with Crippen LogP contribution in [0.15, 0.2) is 24.3 Å². The number of piperidine rings is 1. The number of nitrogens with zero attached hydrogens (tertiary/aromatic N) is 2. The molecule has 1 aliphatic rings. The summed E-state index contributed by atoms with van der Waals surface area (Å²) in [6.45, 7) is 5.70. The molecule has 0 spiro atoms. The molecule has 1 aromatic rings. The van der Waals surface area contributed by atoms with Crippen LogP contribution in [-0.2, 0) is 0 Å². The van der Waals surface area contributed by atoms with Crippen LogP contribution in [0, 0.1) is 17.2 Å². The molecule has 1 fully saturated rings. The molecule has 0 bridgehead atoms. The first-order chi connectivity index (χ1) is 9.19. The Hall–Kier alpha value is -1.37. The summed E-state index contributed by atoms with van der Waals surface area (Å²) in [7, 11) is 2.20. The van der Waals surface area contributed by atoms with Crippen molar-refractivity contribution in [3.05, 3.63) is 35.4 Å². The molecule has 3 heteroatoms. The number of likely N-dealkylation sites (tertiary alicyclic amines) is 1. The molecule has 1 N–H and O–H groups in total. The molecular formula is C16H23N3. The maximum absolute atomic E-state index is 8.80. The molecule has 0 saturated carbocycles. The van der Waals surface area contributed by atoms with Crippen LogP contribution in [-0.4, -0.2) is 31.6 Å². The SMILES string of the molecule is CC(NCC1CCCN(C)C1)c1ccc(C#N)cc1. The zero-order valence-corrected chi connectivity index (χ0v) is 11.9. The predicted octanol–water partition coefficient (Wildman–Crippen LogP) is 2.55. The van der Waals surface area contributed by atoms with Gasteiger partial charge in [-0.1, -0.05) is 12.1 Å². The van der Waals surface area contributed by atoms with E-state index in [2.05, 4.69) is 30.3 Å². The Kier molecular flexibility index (Phi) is 4.95. The minimum Gasteiger partial charge on any atom is -0.310 e. The van der Waals surface area contributed by atoms with Crippen LogP contribution >= 0.6 is 0 Å². The van der Waals surface area contributed by atoms with E-state index in [1.54, 1.807) is 0 Å². The number of hydrogen-bond donors (Lipinski definition) is 1. The van der Waals surface area contributed by atoms with E-state index < -0.39 is 0 Å². The van der Waals surface area contributed by atoms with Crippen LogP contribution in [0.25, 0.3) is 0 Å². The Labute approximate surface area is 116 Å². The van der Waals surface area contributed by atoms with Gasteiger partial charge in [-0.05, 0) is 63.5 Å². The maximum Gasteiger partial charge on any atom is 0.0991 e. The molecule has 2 rings (SSSR count). The van der Waals surface area contributed by atoms with Crippen LogP contribution < -0.4 is 5.32 Å².